The van der Waals surface area contributed by atoms with Crippen molar-refractivity contribution in [3.05, 3.63) is 0 Å². The molecule has 9 aliphatic rings. The predicted octanol–water partition coefficient (Wildman–Crippen LogP) is -19.4. The first-order valence-electron chi connectivity index (χ1n) is 39.1. The largest absolute Gasteiger partial charge is 0.477 e. The second kappa shape index (κ2) is 43.7. The first-order valence-corrected chi connectivity index (χ1v) is 39.1. The standard InChI is InChI=1S/C69H117N3O50/c1-16-33(84)42(93)48(99)61(107-16)117-55-32(72-22(7)80)60(113-29(13-77)53(55)116-65-57(46(97)39(90)27(11-75)111-65)119-62-49(100)43(94)34(85)17(2)108-62)105-15-30-41(92)56(118-66-58(47(98)40(91)28(12-76)112-66)120-63-50(101)44(95)35(86)18(3)109-63)59(121-64-51(102)45(96)36(87)19(4)110-64)67(114-30)115-52(23(9-73)70-20(5)78)38(89)26(83)14-106-69(68(103)104)8-24(81)31(71-21(6)79)54(122-69)37(88)25(82)10-74/h16-19,23-67,73-77,81-102H,8-15H2,1-7H3,(H,70,78)(H,71,79)(H,72,80)(H,103,104)/t16-,17-,18-,19-,23+,24+,25-,26-,27-,28-,29-,30-,31-,32-,33+,34+,35+,36+,37-,38+,39+,40+,41+,42+,43+,44+,45+,46+,47+,48-,49-,50-,51-,52-,53-,54-,55-,56+,57-,58-,59-,60-,61-,62-,63-,64-,65+,66+,67+,69-/m1/s1. The van der Waals surface area contributed by atoms with Crippen LogP contribution < -0.4 is 16.0 Å². The van der Waals surface area contributed by atoms with Crippen LogP contribution in [0.25, 0.3) is 0 Å². The number of aliphatic hydroxyl groups excluding tert-OH is 27. The number of aliphatic hydroxyl groups is 27. The average Bonchev–Trinajstić information content (AvgIpc) is 0.771. The van der Waals surface area contributed by atoms with E-state index < -0.39 is 383 Å². The molecule has 53 heteroatoms. The minimum absolute atomic E-state index is 0.845. The Morgan fingerprint density at radius 1 is 0.393 bits per heavy atom. The van der Waals surface area contributed by atoms with Crippen LogP contribution in [0, 0.1) is 0 Å². The number of carbonyl (C=O) groups is 4. The molecule has 9 heterocycles. The summed E-state index contributed by atoms with van der Waals surface area (Å²) in [6.45, 7) is -1.68. The van der Waals surface area contributed by atoms with Crippen LogP contribution in [0.2, 0.25) is 0 Å². The molecule has 0 spiro atoms. The Bertz CT molecular complexity index is 3290. The number of aliphatic carboxylic acids is 1. The van der Waals surface area contributed by atoms with E-state index in [-0.39, 0.29) is 0 Å². The van der Waals surface area contributed by atoms with Crippen molar-refractivity contribution in [1.29, 1.82) is 0 Å². The molecule has 9 saturated heterocycles. The lowest BCUT2D eigenvalue weighted by atomic mass is 9.88. The molecule has 0 aliphatic carbocycles. The molecule has 9 aliphatic heterocycles. The number of hydrogen-bond acceptors (Lipinski definition) is 49. The third-order valence-electron chi connectivity index (χ3n) is 22.5. The zero-order chi connectivity index (χ0) is 90.6. The summed E-state index contributed by atoms with van der Waals surface area (Å²) in [4.78, 5) is 52.7. The highest BCUT2D eigenvalue weighted by Gasteiger charge is 2.63. The second-order valence-corrected chi connectivity index (χ2v) is 31.4. The maximum Gasteiger partial charge on any atom is 0.364 e. The maximum absolute atomic E-state index is 13.8. The Morgan fingerprint density at radius 2 is 0.787 bits per heavy atom. The predicted molar refractivity (Wildman–Crippen MR) is 378 cm³/mol. The van der Waals surface area contributed by atoms with Gasteiger partial charge in [-0.05, 0) is 27.7 Å². The van der Waals surface area contributed by atoms with Gasteiger partial charge < -0.3 is 244 Å². The fourth-order valence-electron chi connectivity index (χ4n) is 15.5. The van der Waals surface area contributed by atoms with Gasteiger partial charge in [0, 0.05) is 27.2 Å². The highest BCUT2D eigenvalue weighted by Crippen LogP contribution is 2.42. The number of ether oxygens (including phenoxy) is 18. The number of amides is 3. The zero-order valence-electron chi connectivity index (χ0n) is 66.5. The second-order valence-electron chi connectivity index (χ2n) is 31.4. The fourth-order valence-corrected chi connectivity index (χ4v) is 15.5. The molecule has 53 nitrogen and oxygen atoms in total. The number of carboxylic acids is 1. The lowest BCUT2D eigenvalue weighted by Crippen LogP contribution is -2.71. The summed E-state index contributed by atoms with van der Waals surface area (Å²) in [7, 11) is 0. The van der Waals surface area contributed by atoms with Crippen LogP contribution in [0.4, 0.5) is 0 Å². The molecule has 0 aromatic carbocycles. The van der Waals surface area contributed by atoms with Gasteiger partial charge in [0.1, 0.15) is 207 Å². The molecule has 50 atom stereocenters. The summed E-state index contributed by atoms with van der Waals surface area (Å²) < 4.78 is 109. The summed E-state index contributed by atoms with van der Waals surface area (Å²) in [6, 6.07) is -6.00. The van der Waals surface area contributed by atoms with E-state index in [2.05, 4.69) is 16.0 Å². The Kier molecular flexibility index (Phi) is 36.4. The van der Waals surface area contributed by atoms with Crippen LogP contribution in [0.3, 0.4) is 0 Å². The van der Waals surface area contributed by atoms with Crippen LogP contribution >= 0.6 is 0 Å². The van der Waals surface area contributed by atoms with Crippen molar-refractivity contribution < 1.29 is 247 Å². The van der Waals surface area contributed by atoms with Gasteiger partial charge in [-0.25, -0.2) is 4.79 Å². The topological polar surface area (TPSA) is 837 Å². The number of rotatable bonds is 34. The molecule has 0 radical (unpaired) electrons. The minimum Gasteiger partial charge on any atom is -0.477 e. The molecule has 0 aromatic heterocycles. The highest BCUT2D eigenvalue weighted by atomic mass is 16.8. The average molecular weight is 1790 g/mol. The van der Waals surface area contributed by atoms with Gasteiger partial charge in [0.15, 0.2) is 50.3 Å². The smallest absolute Gasteiger partial charge is 0.364 e. The van der Waals surface area contributed by atoms with E-state index >= 15 is 0 Å². The van der Waals surface area contributed by atoms with Crippen molar-refractivity contribution in [3.8, 4) is 0 Å². The number of nitrogens with one attached hydrogen (secondary N) is 3. The van der Waals surface area contributed by atoms with E-state index in [4.69, 9.17) is 85.3 Å². The van der Waals surface area contributed by atoms with E-state index in [1.165, 1.54) is 20.8 Å². The van der Waals surface area contributed by atoms with Crippen LogP contribution in [0.15, 0.2) is 0 Å². The van der Waals surface area contributed by atoms with Gasteiger partial charge in [-0.15, -0.1) is 0 Å². The van der Waals surface area contributed by atoms with Crippen molar-refractivity contribution in [2.24, 2.45) is 0 Å². The summed E-state index contributed by atoms with van der Waals surface area (Å²) in [5.74, 6) is -8.48. The lowest BCUT2D eigenvalue weighted by Gasteiger charge is -2.52. The normalized spacial score (nSPS) is 47.5. The Hall–Kier alpha value is -3.92. The molecule has 9 rings (SSSR count). The third-order valence-corrected chi connectivity index (χ3v) is 22.5. The minimum atomic E-state index is -3.28. The third kappa shape index (κ3) is 22.6. The van der Waals surface area contributed by atoms with Crippen LogP contribution in [-0.4, -0.2) is 519 Å². The van der Waals surface area contributed by atoms with Crippen molar-refractivity contribution >= 4 is 23.7 Å². The molecule has 0 bridgehead atoms. The van der Waals surface area contributed by atoms with Gasteiger partial charge in [0.05, 0.1) is 88.9 Å². The first-order chi connectivity index (χ1) is 57.3. The molecule has 3 amide bonds. The molecule has 0 aromatic rings. The molecular weight excluding hydrogens is 1670 g/mol. The highest BCUT2D eigenvalue weighted by molar-refractivity contribution is 5.77. The quantitative estimate of drug-likeness (QED) is 0.0284. The van der Waals surface area contributed by atoms with E-state index in [9.17, 15) is 162 Å². The molecule has 708 valence electrons. The van der Waals surface area contributed by atoms with Crippen LogP contribution in [0.1, 0.15) is 54.9 Å². The molecular formula is C69H117N3O50. The Balaban J connectivity index is 1.17. The zero-order valence-corrected chi connectivity index (χ0v) is 66.5. The van der Waals surface area contributed by atoms with Crippen molar-refractivity contribution in [1.82, 2.24) is 16.0 Å². The summed E-state index contributed by atoms with van der Waals surface area (Å²) in [5.41, 5.74) is 0. The lowest BCUT2D eigenvalue weighted by molar-refractivity contribution is -0.410. The summed E-state index contributed by atoms with van der Waals surface area (Å²) in [5, 5.41) is 321. The van der Waals surface area contributed by atoms with Crippen LogP contribution in [0.5, 0.6) is 0 Å². The van der Waals surface area contributed by atoms with Crippen molar-refractivity contribution in [3.63, 3.8) is 0 Å². The molecule has 9 fully saturated rings. The van der Waals surface area contributed by atoms with E-state index in [0.717, 1.165) is 27.7 Å². The van der Waals surface area contributed by atoms with Gasteiger partial charge in [-0.2, -0.15) is 0 Å². The van der Waals surface area contributed by atoms with Crippen LogP contribution in [-0.2, 0) is 104 Å². The van der Waals surface area contributed by atoms with Crippen molar-refractivity contribution in [2.75, 3.05) is 46.2 Å². The van der Waals surface area contributed by atoms with Gasteiger partial charge in [0.25, 0.3) is 5.79 Å². The summed E-state index contributed by atoms with van der Waals surface area (Å²) in [6.07, 6.45) is -101. The monoisotopic (exact) mass is 1790 g/mol. The SMILES string of the molecule is CC(=O)N[C@H]1[C@H](OC[C@H]2O[C@@H](O[C@@H]([C@@H](O)[C@H](O)CO[C@]3(C(=O)O)C[C@H](O)[C@@H](NC(C)=O)[C@H]([C@H](O)[C@H](O)CO)O3)[C@H](CO)NC(C)=O)[C@H](O[C@H]3O[C@H](C)[C@H](O)[C@H](O)[C@H]3O)[C@@H](O[C@@H]3O[C@H](CO)[C@H](O)[C@H](O)[C@H]3O[C@H]3O[C@H](C)[C@H](O)[C@H](O)[C@H]3O)[C@H]2O)O[C@H](CO)[C@@H](O[C@@H]2O[C@H](CO)[C@H](O)[C@H](O)[C@H]2O[C@H]2O[C@H](C)[C@H](O)[C@H](O)[C@H]2O)[C@@H]1O[C@H]1O[C@H](C)[C@H](O)[C@H](O)[C@H]1O. The fraction of sp³-hybridized carbons (Fsp3) is 0.942. The van der Waals surface area contributed by atoms with Gasteiger partial charge in [-0.3, -0.25) is 14.4 Å². The van der Waals surface area contributed by atoms with Crippen molar-refractivity contribution in [2.45, 2.75) is 361 Å². The first kappa shape index (κ1) is 102. The van der Waals surface area contributed by atoms with E-state index in [0.29, 0.717) is 0 Å². The summed E-state index contributed by atoms with van der Waals surface area (Å²) >= 11 is 0. The Labute approximate surface area is 692 Å². The number of hydrogen-bond donors (Lipinski definition) is 31. The van der Waals surface area contributed by atoms with E-state index in [1.54, 1.807) is 0 Å². The van der Waals surface area contributed by atoms with E-state index in [1.807, 2.05) is 0 Å². The van der Waals surface area contributed by atoms with Gasteiger partial charge in [0.2, 0.25) is 17.7 Å². The number of carboxylic acid groups (broad SMARTS) is 1. The molecule has 122 heavy (non-hydrogen) atoms. The number of carbonyl (C=O) groups excluding carboxylic acids is 3. The van der Waals surface area contributed by atoms with Gasteiger partial charge in [-0.1, -0.05) is 0 Å². The molecule has 0 saturated carbocycles. The molecule has 0 unspecified atom stereocenters. The molecule has 31 N–H and O–H groups in total. The maximum atomic E-state index is 13.8. The Morgan fingerprint density at radius 3 is 1.19 bits per heavy atom. The van der Waals surface area contributed by atoms with Gasteiger partial charge >= 0.3 is 5.97 Å².